The smallest absolute Gasteiger partial charge is 0.408 e. The monoisotopic (exact) mass is 236 g/mol. The highest BCUT2D eigenvalue weighted by Crippen LogP contribution is 2.13. The average molecular weight is 236 g/mol. The van der Waals surface area contributed by atoms with Crippen LogP contribution in [-0.4, -0.2) is 75.9 Å². The molecule has 0 radical (unpaired) electrons. The third kappa shape index (κ3) is 3.24. The average Bonchev–Trinajstić information content (AvgIpc) is 2.23. The maximum atomic E-state index is 10.7. The molecule has 0 aromatic heterocycles. The Morgan fingerprint density at radius 3 is 1.50 bits per heavy atom. The summed E-state index contributed by atoms with van der Waals surface area (Å²) in [6, 6.07) is 0. The van der Waals surface area contributed by atoms with E-state index in [2.05, 4.69) is 0 Å². The number of nitrogens with zero attached hydrogens (tertiary/aromatic N) is 2. The van der Waals surface area contributed by atoms with Crippen molar-refractivity contribution >= 4 is 12.2 Å². The third-order valence-electron chi connectivity index (χ3n) is 2.29. The number of rotatable bonds is 5. The van der Waals surface area contributed by atoms with E-state index in [1.807, 2.05) is 0 Å². The van der Waals surface area contributed by atoms with Crippen LogP contribution in [0.5, 0.6) is 0 Å². The van der Waals surface area contributed by atoms with Crippen LogP contribution in [-0.2, 0) is 0 Å². The lowest BCUT2D eigenvalue weighted by Gasteiger charge is -2.36. The Kier molecular flexibility index (Phi) is 5.54. The molecule has 0 heterocycles. The van der Waals surface area contributed by atoms with Crippen molar-refractivity contribution < 1.29 is 30.0 Å². The fourth-order valence-electron chi connectivity index (χ4n) is 1.36. The largest absolute Gasteiger partial charge is 0.465 e. The van der Waals surface area contributed by atoms with Crippen LogP contribution in [0.15, 0.2) is 0 Å². The van der Waals surface area contributed by atoms with Crippen molar-refractivity contribution in [3.05, 3.63) is 0 Å². The summed E-state index contributed by atoms with van der Waals surface area (Å²) in [5, 5.41) is 35.4. The molecule has 0 rings (SSSR count). The molecule has 0 fully saturated rings. The predicted molar refractivity (Wildman–Crippen MR) is 53.0 cm³/mol. The highest BCUT2D eigenvalue weighted by molar-refractivity contribution is 5.68. The van der Waals surface area contributed by atoms with E-state index in [1.54, 1.807) is 0 Å². The molecule has 0 aliphatic carbocycles. The molecular weight excluding hydrogens is 220 g/mol. The van der Waals surface area contributed by atoms with Crippen LogP contribution in [0.3, 0.4) is 0 Å². The summed E-state index contributed by atoms with van der Waals surface area (Å²) in [5.41, 5.74) is 0. The lowest BCUT2D eigenvalue weighted by atomic mass is 10.1. The number of aliphatic hydroxyl groups excluding tert-OH is 2. The van der Waals surface area contributed by atoms with Crippen molar-refractivity contribution in [2.24, 2.45) is 5.92 Å². The van der Waals surface area contributed by atoms with Crippen LogP contribution in [0.1, 0.15) is 0 Å². The molecule has 0 saturated heterocycles. The van der Waals surface area contributed by atoms with Gasteiger partial charge in [-0.25, -0.2) is 9.59 Å². The van der Waals surface area contributed by atoms with Crippen molar-refractivity contribution in [3.63, 3.8) is 0 Å². The Labute approximate surface area is 92.3 Å². The van der Waals surface area contributed by atoms with Crippen molar-refractivity contribution in [3.8, 4) is 0 Å². The van der Waals surface area contributed by atoms with Gasteiger partial charge in [-0.15, -0.1) is 0 Å². The summed E-state index contributed by atoms with van der Waals surface area (Å²) in [5.74, 6) is -0.887. The molecule has 0 aliphatic heterocycles. The van der Waals surface area contributed by atoms with Gasteiger partial charge in [-0.3, -0.25) is 9.80 Å². The summed E-state index contributed by atoms with van der Waals surface area (Å²) in [7, 11) is 2.34. The number of amides is 2. The molecule has 16 heavy (non-hydrogen) atoms. The Morgan fingerprint density at radius 1 is 1.00 bits per heavy atom. The SMILES string of the molecule is CN(C(=O)O)C(C(CO)CO)N(C)C(=O)O. The van der Waals surface area contributed by atoms with Gasteiger partial charge in [0.25, 0.3) is 0 Å². The van der Waals surface area contributed by atoms with Gasteiger partial charge in [0.1, 0.15) is 6.17 Å². The molecule has 0 bridgehead atoms. The van der Waals surface area contributed by atoms with Gasteiger partial charge in [-0.1, -0.05) is 0 Å². The minimum Gasteiger partial charge on any atom is -0.465 e. The molecule has 4 N–H and O–H groups in total. The zero-order valence-corrected chi connectivity index (χ0v) is 9.07. The topological polar surface area (TPSA) is 122 Å². The summed E-state index contributed by atoms with van der Waals surface area (Å²) in [6.07, 6.45) is -3.82. The van der Waals surface area contributed by atoms with Crippen LogP contribution in [0.25, 0.3) is 0 Å². The fourth-order valence-corrected chi connectivity index (χ4v) is 1.36. The van der Waals surface area contributed by atoms with E-state index in [9.17, 15) is 9.59 Å². The first-order valence-electron chi connectivity index (χ1n) is 4.50. The highest BCUT2D eigenvalue weighted by atomic mass is 16.4. The van der Waals surface area contributed by atoms with Crippen LogP contribution < -0.4 is 0 Å². The molecule has 2 amide bonds. The molecule has 0 saturated carbocycles. The van der Waals surface area contributed by atoms with Crippen LogP contribution in [0.2, 0.25) is 0 Å². The number of hydrogen-bond acceptors (Lipinski definition) is 4. The summed E-state index contributed by atoms with van der Waals surface area (Å²) < 4.78 is 0. The van der Waals surface area contributed by atoms with Crippen molar-refractivity contribution in [1.82, 2.24) is 9.80 Å². The number of hydrogen-bond donors (Lipinski definition) is 4. The molecular formula is C8H16N2O6. The summed E-state index contributed by atoms with van der Waals surface area (Å²) in [4.78, 5) is 22.9. The first-order chi connectivity index (χ1) is 7.36. The van der Waals surface area contributed by atoms with Crippen molar-refractivity contribution in [2.45, 2.75) is 6.17 Å². The number of aliphatic hydroxyl groups is 2. The molecule has 94 valence electrons. The second kappa shape index (κ2) is 6.13. The zero-order valence-electron chi connectivity index (χ0n) is 9.07. The van der Waals surface area contributed by atoms with Gasteiger partial charge in [-0.05, 0) is 0 Å². The van der Waals surface area contributed by atoms with Crippen LogP contribution in [0.4, 0.5) is 9.59 Å². The molecule has 0 unspecified atom stereocenters. The van der Waals surface area contributed by atoms with E-state index in [1.165, 1.54) is 14.1 Å². The molecule has 8 heteroatoms. The van der Waals surface area contributed by atoms with E-state index in [0.717, 1.165) is 9.80 Å². The zero-order chi connectivity index (χ0) is 12.9. The number of carboxylic acid groups (broad SMARTS) is 2. The Morgan fingerprint density at radius 2 is 1.31 bits per heavy atom. The Balaban J connectivity index is 5.02. The fraction of sp³-hybridized carbons (Fsp3) is 0.750. The quantitative estimate of drug-likeness (QED) is 0.460. The molecule has 0 aromatic rings. The molecule has 0 spiro atoms. The van der Waals surface area contributed by atoms with E-state index in [0.29, 0.717) is 0 Å². The normalized spacial score (nSPS) is 10.6. The molecule has 0 aliphatic rings. The van der Waals surface area contributed by atoms with Crippen LogP contribution in [0, 0.1) is 5.92 Å². The van der Waals surface area contributed by atoms with E-state index >= 15 is 0 Å². The van der Waals surface area contributed by atoms with E-state index in [-0.39, 0.29) is 0 Å². The second-order valence-electron chi connectivity index (χ2n) is 3.33. The second-order valence-corrected chi connectivity index (χ2v) is 3.33. The third-order valence-corrected chi connectivity index (χ3v) is 2.29. The van der Waals surface area contributed by atoms with Gasteiger partial charge < -0.3 is 20.4 Å². The van der Waals surface area contributed by atoms with E-state index in [4.69, 9.17) is 20.4 Å². The standard InChI is InChI=1S/C8H16N2O6/c1-9(7(13)14)6(5(3-11)4-12)10(2)8(15)16/h5-6,11-12H,3-4H2,1-2H3,(H,13,14)(H,15,16). The molecule has 0 aromatic carbocycles. The van der Waals surface area contributed by atoms with Gasteiger partial charge in [0.05, 0.1) is 13.2 Å². The van der Waals surface area contributed by atoms with Gasteiger partial charge in [-0.2, -0.15) is 0 Å². The minimum atomic E-state index is -1.34. The highest BCUT2D eigenvalue weighted by Gasteiger charge is 2.33. The van der Waals surface area contributed by atoms with Crippen LogP contribution >= 0.6 is 0 Å². The Hall–Kier alpha value is -1.54. The summed E-state index contributed by atoms with van der Waals surface area (Å²) >= 11 is 0. The Bertz CT molecular complexity index is 235. The maximum Gasteiger partial charge on any atom is 0.408 e. The van der Waals surface area contributed by atoms with Gasteiger partial charge in [0.2, 0.25) is 0 Å². The summed E-state index contributed by atoms with van der Waals surface area (Å²) in [6.45, 7) is -1.03. The predicted octanol–water partition coefficient (Wildman–Crippen LogP) is -0.867. The molecule has 0 atom stereocenters. The molecule has 8 nitrogen and oxygen atoms in total. The lowest BCUT2D eigenvalue weighted by molar-refractivity contribution is 0.000874. The van der Waals surface area contributed by atoms with Gasteiger partial charge in [0, 0.05) is 20.0 Å². The maximum absolute atomic E-state index is 10.7. The minimum absolute atomic E-state index is 0.517. The van der Waals surface area contributed by atoms with Crippen molar-refractivity contribution in [1.29, 1.82) is 0 Å². The first-order valence-corrected chi connectivity index (χ1v) is 4.50. The lowest BCUT2D eigenvalue weighted by Crippen LogP contribution is -2.54. The van der Waals surface area contributed by atoms with E-state index < -0.39 is 37.5 Å². The van der Waals surface area contributed by atoms with Crippen molar-refractivity contribution in [2.75, 3.05) is 27.3 Å². The first kappa shape index (κ1) is 14.5. The van der Waals surface area contributed by atoms with Gasteiger partial charge >= 0.3 is 12.2 Å². The van der Waals surface area contributed by atoms with Gasteiger partial charge in [0.15, 0.2) is 0 Å². The number of carbonyl (C=O) groups is 2.